The Morgan fingerprint density at radius 3 is 2.40 bits per heavy atom. The van der Waals surface area contributed by atoms with Crippen LogP contribution in [0.3, 0.4) is 0 Å². The molecule has 0 aliphatic heterocycles. The number of anilines is 1. The van der Waals surface area contributed by atoms with E-state index in [0.717, 1.165) is 18.7 Å². The molecule has 0 amide bonds. The second-order valence-electron chi connectivity index (χ2n) is 3.75. The first-order valence-corrected chi connectivity index (χ1v) is 5.31. The zero-order chi connectivity index (χ0) is 11.3. The fourth-order valence-corrected chi connectivity index (χ4v) is 1.56. The van der Waals surface area contributed by atoms with Gasteiger partial charge < -0.3 is 10.2 Å². The third-order valence-electron chi connectivity index (χ3n) is 2.66. The third-order valence-corrected chi connectivity index (χ3v) is 2.66. The van der Waals surface area contributed by atoms with Gasteiger partial charge in [-0.2, -0.15) is 0 Å². The molecule has 0 radical (unpaired) electrons. The molecule has 0 heterocycles. The second-order valence-corrected chi connectivity index (χ2v) is 3.75. The number of halogens is 1. The van der Waals surface area contributed by atoms with Gasteiger partial charge in [-0.05, 0) is 37.7 Å². The van der Waals surface area contributed by atoms with Crippen molar-refractivity contribution in [1.29, 1.82) is 0 Å². The van der Waals surface area contributed by atoms with Crippen molar-refractivity contribution in [2.45, 2.75) is 19.4 Å². The summed E-state index contributed by atoms with van der Waals surface area (Å²) >= 11 is 0. The van der Waals surface area contributed by atoms with Gasteiger partial charge in [0.1, 0.15) is 5.82 Å². The molecule has 1 N–H and O–H groups in total. The maximum Gasteiger partial charge on any atom is 0.123 e. The minimum Gasteiger partial charge on any atom is -0.373 e. The smallest absolute Gasteiger partial charge is 0.123 e. The Labute approximate surface area is 91.1 Å². The molecule has 1 aromatic rings. The monoisotopic (exact) mass is 210 g/mol. The Bertz CT molecular complexity index is 280. The topological polar surface area (TPSA) is 15.3 Å². The molecule has 15 heavy (non-hydrogen) atoms. The largest absolute Gasteiger partial charge is 0.373 e. The van der Waals surface area contributed by atoms with E-state index in [0.29, 0.717) is 6.04 Å². The molecular weight excluding hydrogens is 191 g/mol. The van der Waals surface area contributed by atoms with Crippen molar-refractivity contribution < 1.29 is 4.39 Å². The van der Waals surface area contributed by atoms with Crippen molar-refractivity contribution in [2.24, 2.45) is 0 Å². The van der Waals surface area contributed by atoms with Crippen LogP contribution in [0.4, 0.5) is 10.1 Å². The summed E-state index contributed by atoms with van der Waals surface area (Å²) in [5.41, 5.74) is 1.05. The lowest BCUT2D eigenvalue weighted by molar-refractivity contribution is 0.543. The van der Waals surface area contributed by atoms with Crippen LogP contribution in [0.1, 0.15) is 13.3 Å². The van der Waals surface area contributed by atoms with Crippen molar-refractivity contribution in [3.05, 3.63) is 30.1 Å². The summed E-state index contributed by atoms with van der Waals surface area (Å²) in [6.45, 7) is 3.08. The molecule has 0 aliphatic rings. The lowest BCUT2D eigenvalue weighted by atomic mass is 10.2. The number of hydrogen-bond acceptors (Lipinski definition) is 2. The number of nitrogens with zero attached hydrogens (tertiary/aromatic N) is 1. The molecule has 0 aromatic heterocycles. The predicted molar refractivity (Wildman–Crippen MR) is 62.8 cm³/mol. The van der Waals surface area contributed by atoms with Crippen molar-refractivity contribution in [1.82, 2.24) is 5.32 Å². The SMILES string of the molecule is CCC(CN(C)c1ccc(F)cc1)NC. The first kappa shape index (κ1) is 12.0. The molecule has 0 fully saturated rings. The van der Waals surface area contributed by atoms with Crippen LogP contribution in [0.5, 0.6) is 0 Å². The summed E-state index contributed by atoms with van der Waals surface area (Å²) in [5, 5.41) is 3.25. The van der Waals surface area contributed by atoms with Gasteiger partial charge >= 0.3 is 0 Å². The second kappa shape index (κ2) is 5.71. The van der Waals surface area contributed by atoms with E-state index in [1.807, 2.05) is 14.1 Å². The Hall–Kier alpha value is -1.09. The minimum atomic E-state index is -0.187. The van der Waals surface area contributed by atoms with Crippen LogP contribution in [0.2, 0.25) is 0 Å². The molecule has 0 spiro atoms. The lowest BCUT2D eigenvalue weighted by Crippen LogP contribution is -2.37. The molecule has 1 aromatic carbocycles. The average molecular weight is 210 g/mol. The number of nitrogens with one attached hydrogen (secondary N) is 1. The molecule has 0 saturated carbocycles. The number of benzene rings is 1. The normalized spacial score (nSPS) is 12.5. The fourth-order valence-electron chi connectivity index (χ4n) is 1.56. The third kappa shape index (κ3) is 3.51. The van der Waals surface area contributed by atoms with Crippen molar-refractivity contribution >= 4 is 5.69 Å². The van der Waals surface area contributed by atoms with Crippen molar-refractivity contribution in [3.63, 3.8) is 0 Å². The Morgan fingerprint density at radius 2 is 1.93 bits per heavy atom. The number of likely N-dealkylation sites (N-methyl/N-ethyl adjacent to an activating group) is 2. The van der Waals surface area contributed by atoms with E-state index in [2.05, 4.69) is 17.1 Å². The number of hydrogen-bond donors (Lipinski definition) is 1. The molecule has 84 valence electrons. The van der Waals surface area contributed by atoms with Crippen LogP contribution < -0.4 is 10.2 Å². The highest BCUT2D eigenvalue weighted by Gasteiger charge is 2.07. The van der Waals surface area contributed by atoms with Gasteiger partial charge in [-0.3, -0.25) is 0 Å². The van der Waals surface area contributed by atoms with E-state index in [1.165, 1.54) is 12.1 Å². The molecule has 0 saturated heterocycles. The summed E-state index contributed by atoms with van der Waals surface area (Å²) in [5.74, 6) is -0.187. The predicted octanol–water partition coefficient (Wildman–Crippen LogP) is 2.26. The molecule has 1 rings (SSSR count). The highest BCUT2D eigenvalue weighted by molar-refractivity contribution is 5.45. The van der Waals surface area contributed by atoms with Gasteiger partial charge in [-0.15, -0.1) is 0 Å². The first-order chi connectivity index (χ1) is 7.17. The van der Waals surface area contributed by atoms with Gasteiger partial charge in [-0.25, -0.2) is 4.39 Å². The lowest BCUT2D eigenvalue weighted by Gasteiger charge is -2.24. The van der Waals surface area contributed by atoms with Crippen LogP contribution in [-0.2, 0) is 0 Å². The molecule has 3 heteroatoms. The highest BCUT2D eigenvalue weighted by atomic mass is 19.1. The van der Waals surface area contributed by atoms with Crippen LogP contribution in [-0.4, -0.2) is 26.7 Å². The quantitative estimate of drug-likeness (QED) is 0.802. The van der Waals surface area contributed by atoms with Crippen LogP contribution in [0.25, 0.3) is 0 Å². The van der Waals surface area contributed by atoms with Gasteiger partial charge in [0.25, 0.3) is 0 Å². The standard InChI is InChI=1S/C12H19FN2/c1-4-11(14-2)9-15(3)12-7-5-10(13)6-8-12/h5-8,11,14H,4,9H2,1-3H3. The van der Waals surface area contributed by atoms with Gasteiger partial charge in [0.2, 0.25) is 0 Å². The molecule has 1 atom stereocenters. The molecule has 0 aliphatic carbocycles. The molecule has 2 nitrogen and oxygen atoms in total. The van der Waals surface area contributed by atoms with Crippen LogP contribution in [0.15, 0.2) is 24.3 Å². The molecule has 1 unspecified atom stereocenters. The molecular formula is C12H19FN2. The van der Waals surface area contributed by atoms with Gasteiger partial charge in [0.15, 0.2) is 0 Å². The van der Waals surface area contributed by atoms with E-state index in [4.69, 9.17) is 0 Å². The van der Waals surface area contributed by atoms with E-state index >= 15 is 0 Å². The highest BCUT2D eigenvalue weighted by Crippen LogP contribution is 2.13. The maximum absolute atomic E-state index is 12.7. The van der Waals surface area contributed by atoms with Crippen LogP contribution >= 0.6 is 0 Å². The van der Waals surface area contributed by atoms with Crippen molar-refractivity contribution in [3.8, 4) is 0 Å². The Balaban J connectivity index is 2.60. The van der Waals surface area contributed by atoms with Gasteiger partial charge in [0, 0.05) is 25.3 Å². The summed E-state index contributed by atoms with van der Waals surface area (Å²) in [6.07, 6.45) is 1.09. The minimum absolute atomic E-state index is 0.187. The van der Waals surface area contributed by atoms with Gasteiger partial charge in [0.05, 0.1) is 0 Å². The zero-order valence-electron chi connectivity index (χ0n) is 9.63. The van der Waals surface area contributed by atoms with E-state index < -0.39 is 0 Å². The summed E-state index contributed by atoms with van der Waals surface area (Å²) < 4.78 is 12.7. The maximum atomic E-state index is 12.7. The zero-order valence-corrected chi connectivity index (χ0v) is 9.63. The Kier molecular flexibility index (Phi) is 4.56. The van der Waals surface area contributed by atoms with Gasteiger partial charge in [-0.1, -0.05) is 6.92 Å². The first-order valence-electron chi connectivity index (χ1n) is 5.31. The van der Waals surface area contributed by atoms with E-state index in [9.17, 15) is 4.39 Å². The summed E-state index contributed by atoms with van der Waals surface area (Å²) in [7, 11) is 3.99. The average Bonchev–Trinajstić information content (AvgIpc) is 2.26. The summed E-state index contributed by atoms with van der Waals surface area (Å²) in [4.78, 5) is 2.13. The fraction of sp³-hybridized carbons (Fsp3) is 0.500. The van der Waals surface area contributed by atoms with E-state index in [1.54, 1.807) is 12.1 Å². The Morgan fingerprint density at radius 1 is 1.33 bits per heavy atom. The van der Waals surface area contributed by atoms with E-state index in [-0.39, 0.29) is 5.82 Å². The number of rotatable bonds is 5. The van der Waals surface area contributed by atoms with Crippen molar-refractivity contribution in [2.75, 3.05) is 25.5 Å². The summed E-state index contributed by atoms with van der Waals surface area (Å²) in [6, 6.07) is 7.06. The molecule has 0 bridgehead atoms. The van der Waals surface area contributed by atoms with Crippen LogP contribution in [0, 0.1) is 5.82 Å².